The largest absolute Gasteiger partial charge is 0.370 e. The summed E-state index contributed by atoms with van der Waals surface area (Å²) in [5.41, 5.74) is -0.255. The smallest absolute Gasteiger partial charge is 0.110 e. The molecule has 2 saturated heterocycles. The summed E-state index contributed by atoms with van der Waals surface area (Å²) in [6.45, 7) is 11.1. The van der Waals surface area contributed by atoms with E-state index in [-0.39, 0.29) is 11.2 Å². The lowest BCUT2D eigenvalue weighted by molar-refractivity contribution is -0.192. The SMILES string of the molecule is CCCCCCCCCCCCCCCCC(CCCCCCCCCCCC)(OC(CCCCCCCCCCCC)(CCCCCCCCCCCCCCCC)C1CO1)C1CO1. The van der Waals surface area contributed by atoms with Crippen LogP contribution in [0.5, 0.6) is 0 Å². The first-order chi connectivity index (χ1) is 32.2. The topological polar surface area (TPSA) is 34.3 Å². The predicted molar refractivity (Wildman–Crippen MR) is 289 cm³/mol. The highest BCUT2D eigenvalue weighted by Crippen LogP contribution is 2.47. The minimum Gasteiger partial charge on any atom is -0.370 e. The van der Waals surface area contributed by atoms with Gasteiger partial charge < -0.3 is 14.2 Å². The van der Waals surface area contributed by atoms with E-state index in [0.717, 1.165) is 13.2 Å². The zero-order valence-corrected chi connectivity index (χ0v) is 45.6. The van der Waals surface area contributed by atoms with Crippen LogP contribution in [0.15, 0.2) is 0 Å². The molecule has 2 rings (SSSR count). The molecule has 0 aromatic carbocycles. The van der Waals surface area contributed by atoms with E-state index >= 15 is 0 Å². The number of hydrogen-bond acceptors (Lipinski definition) is 3. The molecule has 0 saturated carbocycles. The van der Waals surface area contributed by atoms with Gasteiger partial charge in [0, 0.05) is 0 Å². The van der Waals surface area contributed by atoms with Crippen molar-refractivity contribution in [2.75, 3.05) is 13.2 Å². The van der Waals surface area contributed by atoms with Crippen LogP contribution < -0.4 is 0 Å². The fourth-order valence-electron chi connectivity index (χ4n) is 11.4. The summed E-state index contributed by atoms with van der Waals surface area (Å²) in [4.78, 5) is 0. The van der Waals surface area contributed by atoms with E-state index in [1.807, 2.05) is 0 Å². The van der Waals surface area contributed by atoms with Gasteiger partial charge in [-0.1, -0.05) is 336 Å². The molecule has 4 unspecified atom stereocenters. The van der Waals surface area contributed by atoms with Crippen molar-refractivity contribution in [2.45, 2.75) is 385 Å². The molecule has 0 aromatic heterocycles. The minimum atomic E-state index is -0.127. The summed E-state index contributed by atoms with van der Waals surface area (Å²) < 4.78 is 20.8. The lowest BCUT2D eigenvalue weighted by atomic mass is 9.81. The third-order valence-corrected chi connectivity index (χ3v) is 16.1. The van der Waals surface area contributed by atoms with Gasteiger partial charge in [-0.15, -0.1) is 0 Å². The lowest BCUT2D eigenvalue weighted by Crippen LogP contribution is -2.51. The molecule has 0 aliphatic carbocycles. The van der Waals surface area contributed by atoms with Gasteiger partial charge >= 0.3 is 0 Å². The Bertz CT molecular complexity index is 870. The van der Waals surface area contributed by atoms with Gasteiger partial charge in [0.2, 0.25) is 0 Å². The second-order valence-corrected chi connectivity index (χ2v) is 22.4. The molecular formula is C62H122O3. The Kier molecular flexibility index (Phi) is 42.3. The van der Waals surface area contributed by atoms with Crippen molar-refractivity contribution in [1.29, 1.82) is 0 Å². The Morgan fingerprint density at radius 3 is 0.523 bits per heavy atom. The van der Waals surface area contributed by atoms with Gasteiger partial charge in [-0.25, -0.2) is 0 Å². The fourth-order valence-corrected chi connectivity index (χ4v) is 11.4. The number of hydrogen-bond donors (Lipinski definition) is 0. The quantitative estimate of drug-likeness (QED) is 0.0450. The molecule has 0 bridgehead atoms. The Balaban J connectivity index is 1.99. The monoisotopic (exact) mass is 915 g/mol. The summed E-state index contributed by atoms with van der Waals surface area (Å²) in [5.74, 6) is 0. The van der Waals surface area contributed by atoms with Crippen LogP contribution in [0, 0.1) is 0 Å². The van der Waals surface area contributed by atoms with E-state index in [2.05, 4.69) is 27.7 Å². The molecule has 0 radical (unpaired) electrons. The number of unbranched alkanes of at least 4 members (excludes halogenated alkanes) is 44. The van der Waals surface area contributed by atoms with E-state index < -0.39 is 0 Å². The summed E-state index contributed by atoms with van der Waals surface area (Å²) in [6, 6.07) is 0. The molecule has 2 aliphatic heterocycles. The van der Waals surface area contributed by atoms with E-state index in [0.29, 0.717) is 12.2 Å². The molecule has 2 fully saturated rings. The molecular weight excluding hydrogens is 793 g/mol. The van der Waals surface area contributed by atoms with E-state index in [1.54, 1.807) is 0 Å². The highest BCUT2D eigenvalue weighted by atomic mass is 16.6. The molecule has 4 atom stereocenters. The third-order valence-electron chi connectivity index (χ3n) is 16.1. The molecule has 2 heterocycles. The highest BCUT2D eigenvalue weighted by molar-refractivity contribution is 5.04. The average Bonchev–Trinajstić information content (AvgIpc) is 4.25. The number of ether oxygens (including phenoxy) is 3. The summed E-state index contributed by atoms with van der Waals surface area (Å²) in [7, 11) is 0. The van der Waals surface area contributed by atoms with Crippen LogP contribution in [-0.2, 0) is 14.2 Å². The van der Waals surface area contributed by atoms with Crippen LogP contribution in [-0.4, -0.2) is 36.6 Å². The number of rotatable bonds is 56. The third kappa shape index (κ3) is 34.8. The van der Waals surface area contributed by atoms with Gasteiger partial charge in [0.1, 0.15) is 12.2 Å². The molecule has 2 aliphatic rings. The van der Waals surface area contributed by atoms with Crippen molar-refractivity contribution in [2.24, 2.45) is 0 Å². The molecule has 0 aromatic rings. The molecule has 0 spiro atoms. The zero-order valence-electron chi connectivity index (χ0n) is 45.6. The second kappa shape index (κ2) is 45.0. The van der Waals surface area contributed by atoms with Crippen molar-refractivity contribution < 1.29 is 14.2 Å². The van der Waals surface area contributed by atoms with E-state index in [1.165, 1.54) is 334 Å². The van der Waals surface area contributed by atoms with Gasteiger partial charge in [-0.05, 0) is 25.7 Å². The second-order valence-electron chi connectivity index (χ2n) is 22.4. The Morgan fingerprint density at radius 1 is 0.246 bits per heavy atom. The van der Waals surface area contributed by atoms with Crippen LogP contribution in [0.2, 0.25) is 0 Å². The summed E-state index contributed by atoms with van der Waals surface area (Å²) in [6.07, 6.45) is 73.0. The van der Waals surface area contributed by atoms with E-state index in [4.69, 9.17) is 14.2 Å². The van der Waals surface area contributed by atoms with Crippen LogP contribution in [0.25, 0.3) is 0 Å². The minimum absolute atomic E-state index is 0.127. The van der Waals surface area contributed by atoms with Gasteiger partial charge in [0.25, 0.3) is 0 Å². The molecule has 0 N–H and O–H groups in total. The Hall–Kier alpha value is -0.120. The standard InChI is InChI=1S/C62H122O3/c1-5-9-13-17-21-25-29-31-33-35-39-43-47-51-55-61(59-57-63-59,53-49-45-41-37-27-23-19-15-11-7-3)65-62(60-58-64-60,54-50-46-42-38-28-24-20-16-12-8-4)56-52-48-44-40-36-34-32-30-26-22-18-14-10-6-2/h59-60H,5-58H2,1-4H3. The Labute approximate surface area is 410 Å². The molecule has 0 amide bonds. The van der Waals surface area contributed by atoms with Crippen molar-refractivity contribution in [1.82, 2.24) is 0 Å². The van der Waals surface area contributed by atoms with Gasteiger partial charge in [-0.3, -0.25) is 0 Å². The first-order valence-electron chi connectivity index (χ1n) is 31.1. The van der Waals surface area contributed by atoms with Crippen LogP contribution >= 0.6 is 0 Å². The molecule has 388 valence electrons. The highest BCUT2D eigenvalue weighted by Gasteiger charge is 2.56. The predicted octanol–water partition coefficient (Wildman–Crippen LogP) is 21.6. The average molecular weight is 916 g/mol. The molecule has 65 heavy (non-hydrogen) atoms. The first kappa shape index (κ1) is 61.0. The van der Waals surface area contributed by atoms with Crippen molar-refractivity contribution in [3.63, 3.8) is 0 Å². The van der Waals surface area contributed by atoms with E-state index in [9.17, 15) is 0 Å². The maximum absolute atomic E-state index is 8.02. The first-order valence-corrected chi connectivity index (χ1v) is 31.1. The van der Waals surface area contributed by atoms with Crippen molar-refractivity contribution in [3.8, 4) is 0 Å². The van der Waals surface area contributed by atoms with Gasteiger partial charge in [-0.2, -0.15) is 0 Å². The van der Waals surface area contributed by atoms with Crippen LogP contribution in [0.1, 0.15) is 362 Å². The fraction of sp³-hybridized carbons (Fsp3) is 1.00. The normalized spacial score (nSPS) is 17.7. The van der Waals surface area contributed by atoms with Crippen LogP contribution in [0.4, 0.5) is 0 Å². The number of epoxide rings is 2. The summed E-state index contributed by atoms with van der Waals surface area (Å²) >= 11 is 0. The molecule has 3 nitrogen and oxygen atoms in total. The maximum Gasteiger partial charge on any atom is 0.110 e. The zero-order chi connectivity index (χ0) is 46.5. The van der Waals surface area contributed by atoms with Crippen molar-refractivity contribution in [3.05, 3.63) is 0 Å². The van der Waals surface area contributed by atoms with Gasteiger partial charge in [0.05, 0.1) is 24.4 Å². The van der Waals surface area contributed by atoms with Crippen LogP contribution in [0.3, 0.4) is 0 Å². The Morgan fingerprint density at radius 2 is 0.385 bits per heavy atom. The summed E-state index contributed by atoms with van der Waals surface area (Å²) in [5, 5.41) is 0. The molecule has 3 heteroatoms. The van der Waals surface area contributed by atoms with Crippen molar-refractivity contribution >= 4 is 0 Å². The lowest BCUT2D eigenvalue weighted by Gasteiger charge is -2.44. The maximum atomic E-state index is 8.02. The van der Waals surface area contributed by atoms with Gasteiger partial charge in [0.15, 0.2) is 0 Å².